The second-order valence-corrected chi connectivity index (χ2v) is 4.71. The van der Waals surface area contributed by atoms with Crippen LogP contribution < -0.4 is 15.0 Å². The van der Waals surface area contributed by atoms with E-state index >= 15 is 0 Å². The van der Waals surface area contributed by atoms with E-state index in [0.717, 1.165) is 25.9 Å². The lowest BCUT2D eigenvalue weighted by atomic mass is 10.1. The summed E-state index contributed by atoms with van der Waals surface area (Å²) in [5.41, 5.74) is 0. The van der Waals surface area contributed by atoms with E-state index in [9.17, 15) is 0 Å². The smallest absolute Gasteiger partial charge is 0.323 e. The number of anilines is 2. The average Bonchev–Trinajstić information content (AvgIpc) is 2.53. The molecule has 0 aliphatic carbocycles. The molecule has 1 saturated heterocycles. The summed E-state index contributed by atoms with van der Waals surface area (Å²) in [4.78, 5) is 15.0. The Balaban J connectivity index is 2.00. The van der Waals surface area contributed by atoms with Crippen LogP contribution in [0.4, 0.5) is 11.9 Å². The quantitative estimate of drug-likeness (QED) is 0.742. The van der Waals surface area contributed by atoms with Gasteiger partial charge in [-0.2, -0.15) is 15.0 Å². The highest BCUT2D eigenvalue weighted by atomic mass is 16.5. The fourth-order valence-electron chi connectivity index (χ4n) is 2.23. The van der Waals surface area contributed by atoms with Gasteiger partial charge in [-0.1, -0.05) is 0 Å². The van der Waals surface area contributed by atoms with E-state index in [1.807, 2.05) is 6.92 Å². The second kappa shape index (κ2) is 7.94. The van der Waals surface area contributed by atoms with Crippen LogP contribution in [0.1, 0.15) is 19.8 Å². The van der Waals surface area contributed by atoms with Crippen LogP contribution in [0.15, 0.2) is 0 Å². The Morgan fingerprint density at radius 1 is 1.29 bits per heavy atom. The van der Waals surface area contributed by atoms with E-state index in [4.69, 9.17) is 14.6 Å². The molecule has 0 spiro atoms. The van der Waals surface area contributed by atoms with Crippen LogP contribution in [-0.2, 0) is 4.74 Å². The molecule has 2 heterocycles. The minimum absolute atomic E-state index is 0.0664. The van der Waals surface area contributed by atoms with E-state index in [-0.39, 0.29) is 12.7 Å². The summed E-state index contributed by atoms with van der Waals surface area (Å²) in [6.07, 6.45) is 1.99. The lowest BCUT2D eigenvalue weighted by Gasteiger charge is -2.31. The molecule has 1 aromatic heterocycles. The predicted octanol–water partition coefficient (Wildman–Crippen LogP) is 0.290. The number of hydrogen-bond donors (Lipinski definition) is 2. The molecule has 0 saturated carbocycles. The zero-order valence-electron chi connectivity index (χ0n) is 12.6. The molecule has 2 rings (SSSR count). The number of aliphatic hydroxyl groups excluding tert-OH is 1. The number of nitrogens with zero attached hydrogens (tertiary/aromatic N) is 4. The Bertz CT molecular complexity index is 438. The van der Waals surface area contributed by atoms with Crippen molar-refractivity contribution >= 4 is 11.9 Å². The third-order valence-corrected chi connectivity index (χ3v) is 3.27. The number of rotatable bonds is 7. The van der Waals surface area contributed by atoms with Crippen molar-refractivity contribution in [3.63, 3.8) is 0 Å². The van der Waals surface area contributed by atoms with E-state index in [2.05, 4.69) is 25.2 Å². The fourth-order valence-corrected chi connectivity index (χ4v) is 2.23. The Morgan fingerprint density at radius 3 is 2.67 bits per heavy atom. The van der Waals surface area contributed by atoms with Gasteiger partial charge < -0.3 is 24.8 Å². The number of aliphatic hydroxyl groups is 1. The molecular weight excluding hydrogens is 274 g/mol. The van der Waals surface area contributed by atoms with Crippen LogP contribution in [0.25, 0.3) is 0 Å². The summed E-state index contributed by atoms with van der Waals surface area (Å²) in [6.45, 7) is 4.51. The van der Waals surface area contributed by atoms with Gasteiger partial charge in [0.05, 0.1) is 25.9 Å². The summed E-state index contributed by atoms with van der Waals surface area (Å²) >= 11 is 0. The van der Waals surface area contributed by atoms with Gasteiger partial charge in [0.15, 0.2) is 0 Å². The predicted molar refractivity (Wildman–Crippen MR) is 78.8 cm³/mol. The van der Waals surface area contributed by atoms with Crippen LogP contribution in [0, 0.1) is 0 Å². The first-order chi connectivity index (χ1) is 10.3. The number of aromatic nitrogens is 3. The van der Waals surface area contributed by atoms with Gasteiger partial charge in [0.2, 0.25) is 11.9 Å². The van der Waals surface area contributed by atoms with Gasteiger partial charge in [-0.15, -0.1) is 0 Å². The number of nitrogens with one attached hydrogen (secondary N) is 1. The normalized spacial score (nSPS) is 16.0. The highest BCUT2D eigenvalue weighted by Crippen LogP contribution is 2.20. The molecule has 8 nitrogen and oxygen atoms in total. The number of ether oxygens (including phenoxy) is 2. The lowest BCUT2D eigenvalue weighted by Crippen LogP contribution is -2.38. The van der Waals surface area contributed by atoms with Crippen molar-refractivity contribution in [2.75, 3.05) is 50.2 Å². The number of hydrogen-bond acceptors (Lipinski definition) is 8. The average molecular weight is 297 g/mol. The highest BCUT2D eigenvalue weighted by molar-refractivity contribution is 5.38. The van der Waals surface area contributed by atoms with Crippen molar-refractivity contribution in [3.8, 4) is 6.01 Å². The van der Waals surface area contributed by atoms with E-state index < -0.39 is 0 Å². The summed E-state index contributed by atoms with van der Waals surface area (Å²) in [5, 5.41) is 11.7. The lowest BCUT2D eigenvalue weighted by molar-refractivity contribution is 0.0157. The van der Waals surface area contributed by atoms with Crippen LogP contribution in [0.5, 0.6) is 6.01 Å². The molecule has 0 aromatic carbocycles. The molecule has 2 N–H and O–H groups in total. The Hall–Kier alpha value is -1.67. The van der Waals surface area contributed by atoms with Gasteiger partial charge in [-0.3, -0.25) is 0 Å². The van der Waals surface area contributed by atoms with Crippen molar-refractivity contribution in [3.05, 3.63) is 0 Å². The molecule has 0 bridgehead atoms. The first-order valence-electron chi connectivity index (χ1n) is 7.30. The van der Waals surface area contributed by atoms with E-state index in [1.54, 1.807) is 7.05 Å². The van der Waals surface area contributed by atoms with E-state index in [1.165, 1.54) is 0 Å². The highest BCUT2D eigenvalue weighted by Gasteiger charge is 2.22. The SMILES string of the molecule is CCOc1nc(NC)nc(N2CCC(OCCO)CC2)n1. The Morgan fingerprint density at radius 2 is 2.05 bits per heavy atom. The maximum Gasteiger partial charge on any atom is 0.323 e. The molecule has 1 aliphatic heterocycles. The van der Waals surface area contributed by atoms with E-state index in [0.29, 0.717) is 31.1 Å². The Labute approximate surface area is 124 Å². The zero-order chi connectivity index (χ0) is 15.1. The van der Waals surface area contributed by atoms with Crippen molar-refractivity contribution in [2.45, 2.75) is 25.9 Å². The van der Waals surface area contributed by atoms with Gasteiger partial charge in [0.25, 0.3) is 0 Å². The maximum absolute atomic E-state index is 8.78. The summed E-state index contributed by atoms with van der Waals surface area (Å²) in [6, 6.07) is 0.338. The van der Waals surface area contributed by atoms with Crippen LogP contribution in [0.3, 0.4) is 0 Å². The molecule has 0 atom stereocenters. The number of piperidine rings is 1. The third kappa shape index (κ3) is 4.40. The molecule has 0 radical (unpaired) electrons. The molecule has 0 unspecified atom stereocenters. The minimum atomic E-state index is 0.0664. The topological polar surface area (TPSA) is 92.6 Å². The van der Waals surface area contributed by atoms with Crippen LogP contribution >= 0.6 is 0 Å². The summed E-state index contributed by atoms with van der Waals surface area (Å²) < 4.78 is 10.9. The molecule has 8 heteroatoms. The van der Waals surface area contributed by atoms with Gasteiger partial charge in [0, 0.05) is 20.1 Å². The van der Waals surface area contributed by atoms with Crippen LogP contribution in [0.2, 0.25) is 0 Å². The molecule has 118 valence electrons. The second-order valence-electron chi connectivity index (χ2n) is 4.71. The molecule has 0 amide bonds. The van der Waals surface area contributed by atoms with Crippen molar-refractivity contribution in [2.24, 2.45) is 0 Å². The molecule has 21 heavy (non-hydrogen) atoms. The van der Waals surface area contributed by atoms with Gasteiger partial charge in [-0.25, -0.2) is 0 Å². The Kier molecular flexibility index (Phi) is 5.94. The monoisotopic (exact) mass is 297 g/mol. The minimum Gasteiger partial charge on any atom is -0.464 e. The maximum atomic E-state index is 8.78. The molecule has 1 aromatic rings. The standard InChI is InChI=1S/C13H23N5O3/c1-3-20-13-16-11(14-2)15-12(17-13)18-6-4-10(5-7-18)21-9-8-19/h10,19H,3-9H2,1-2H3,(H,14,15,16,17). The fraction of sp³-hybridized carbons (Fsp3) is 0.769. The van der Waals surface area contributed by atoms with Gasteiger partial charge in [-0.05, 0) is 19.8 Å². The molecular formula is C13H23N5O3. The summed E-state index contributed by atoms with van der Waals surface area (Å²) in [7, 11) is 1.77. The van der Waals surface area contributed by atoms with Gasteiger partial charge >= 0.3 is 6.01 Å². The van der Waals surface area contributed by atoms with Crippen molar-refractivity contribution in [1.82, 2.24) is 15.0 Å². The van der Waals surface area contributed by atoms with Crippen molar-refractivity contribution < 1.29 is 14.6 Å². The molecule has 1 aliphatic rings. The third-order valence-electron chi connectivity index (χ3n) is 3.27. The zero-order valence-corrected chi connectivity index (χ0v) is 12.6. The largest absolute Gasteiger partial charge is 0.464 e. The first kappa shape index (κ1) is 15.7. The summed E-state index contributed by atoms with van der Waals surface area (Å²) in [5.74, 6) is 1.13. The van der Waals surface area contributed by atoms with Gasteiger partial charge in [0.1, 0.15) is 0 Å². The molecule has 1 fully saturated rings. The first-order valence-corrected chi connectivity index (χ1v) is 7.30. The van der Waals surface area contributed by atoms with Crippen LogP contribution in [-0.4, -0.2) is 66.1 Å². The van der Waals surface area contributed by atoms with Crippen molar-refractivity contribution in [1.29, 1.82) is 0 Å².